The summed E-state index contributed by atoms with van der Waals surface area (Å²) in [6, 6.07) is 5.97. The zero-order chi connectivity index (χ0) is 39.3. The van der Waals surface area contributed by atoms with Crippen LogP contribution in [-0.4, -0.2) is 100 Å². The molecule has 1 aromatic rings. The highest BCUT2D eigenvalue weighted by Crippen LogP contribution is 2.35. The molecule has 3 aliphatic heterocycles. The van der Waals surface area contributed by atoms with Crippen LogP contribution in [0.3, 0.4) is 0 Å². The van der Waals surface area contributed by atoms with E-state index in [1.165, 1.54) is 4.90 Å². The van der Waals surface area contributed by atoms with Gasteiger partial charge in [0, 0.05) is 19.1 Å². The summed E-state index contributed by atoms with van der Waals surface area (Å²) < 4.78 is 5.78. The molecule has 5 aliphatic rings. The summed E-state index contributed by atoms with van der Waals surface area (Å²) in [6.45, 7) is 8.48. The number of oxime groups is 1. The van der Waals surface area contributed by atoms with E-state index in [1.54, 1.807) is 4.90 Å². The van der Waals surface area contributed by atoms with E-state index in [0.29, 0.717) is 44.7 Å². The van der Waals surface area contributed by atoms with E-state index in [1.807, 2.05) is 58.0 Å². The molecule has 4 fully saturated rings. The third-order valence-electron chi connectivity index (χ3n) is 11.7. The van der Waals surface area contributed by atoms with Crippen molar-refractivity contribution in [3.8, 4) is 0 Å². The molecule has 55 heavy (non-hydrogen) atoms. The molecule has 14 nitrogen and oxygen atoms in total. The molecular weight excluding hydrogens is 704 g/mol. The van der Waals surface area contributed by atoms with Crippen molar-refractivity contribution in [3.63, 3.8) is 0 Å². The molecular formula is C41H58N6O8. The molecule has 3 heterocycles. The Morgan fingerprint density at radius 1 is 0.982 bits per heavy atom. The Kier molecular flexibility index (Phi) is 12.8. The van der Waals surface area contributed by atoms with Crippen molar-refractivity contribution >= 4 is 41.2 Å². The number of likely N-dealkylation sites (tertiary alicyclic amines) is 2. The number of benzene rings is 1. The van der Waals surface area contributed by atoms with Gasteiger partial charge in [-0.25, -0.2) is 0 Å². The van der Waals surface area contributed by atoms with Crippen molar-refractivity contribution in [1.29, 1.82) is 0 Å². The Bertz CT molecular complexity index is 1620. The van der Waals surface area contributed by atoms with Crippen molar-refractivity contribution in [1.82, 2.24) is 25.8 Å². The molecule has 2 aliphatic carbocycles. The third kappa shape index (κ3) is 9.85. The normalized spacial score (nSPS) is 24.5. The molecule has 5 amide bonds. The molecule has 2 bridgehead atoms. The summed E-state index contributed by atoms with van der Waals surface area (Å²) in [6.07, 6.45) is 7.23. The molecule has 1 aromatic carbocycles. The number of rotatable bonds is 14. The average molecular weight is 763 g/mol. The lowest BCUT2D eigenvalue weighted by Gasteiger charge is -2.39. The molecule has 3 unspecified atom stereocenters. The fraction of sp³-hybridized carbons (Fsp3) is 0.683. The Morgan fingerprint density at radius 3 is 2.38 bits per heavy atom. The van der Waals surface area contributed by atoms with Gasteiger partial charge in [-0.15, -0.1) is 0 Å². The number of amides is 5. The average Bonchev–Trinajstić information content (AvgIpc) is 3.72. The summed E-state index contributed by atoms with van der Waals surface area (Å²) >= 11 is 0. The summed E-state index contributed by atoms with van der Waals surface area (Å²) in [5, 5.41) is 12.7. The van der Waals surface area contributed by atoms with E-state index in [0.717, 1.165) is 50.5 Å². The van der Waals surface area contributed by atoms with Gasteiger partial charge in [0.1, 0.15) is 30.8 Å². The maximum atomic E-state index is 14.6. The second kappa shape index (κ2) is 17.5. The topological polar surface area (TPSA) is 176 Å². The summed E-state index contributed by atoms with van der Waals surface area (Å²) in [5.41, 5.74) is 0.201. The number of Topliss-reactive ketones (excluding diaryl/α,β-unsaturated/α-hetero) is 1. The third-order valence-corrected chi connectivity index (χ3v) is 11.7. The summed E-state index contributed by atoms with van der Waals surface area (Å²) in [5.74, 6) is -2.74. The zero-order valence-electron chi connectivity index (χ0n) is 32.7. The van der Waals surface area contributed by atoms with Gasteiger partial charge in [0.15, 0.2) is 0 Å². The molecule has 6 rings (SSSR count). The number of fused-ring (bicyclic) bond motifs is 2. The Balaban J connectivity index is 1.14. The first-order valence-electron chi connectivity index (χ1n) is 20.3. The van der Waals surface area contributed by atoms with Crippen LogP contribution in [0.5, 0.6) is 0 Å². The van der Waals surface area contributed by atoms with E-state index < -0.39 is 59.2 Å². The van der Waals surface area contributed by atoms with Crippen molar-refractivity contribution in [3.05, 3.63) is 35.9 Å². The fourth-order valence-electron chi connectivity index (χ4n) is 8.36. The molecule has 2 saturated carbocycles. The first-order valence-corrected chi connectivity index (χ1v) is 20.3. The number of carbonyl (C=O) groups excluding carboxylic acids is 6. The van der Waals surface area contributed by atoms with E-state index >= 15 is 0 Å². The molecule has 300 valence electrons. The summed E-state index contributed by atoms with van der Waals surface area (Å²) in [4.78, 5) is 91.6. The zero-order valence-corrected chi connectivity index (χ0v) is 32.7. The van der Waals surface area contributed by atoms with Crippen LogP contribution < -0.4 is 16.0 Å². The lowest BCUT2D eigenvalue weighted by molar-refractivity contribution is -0.152. The minimum atomic E-state index is -1.01. The van der Waals surface area contributed by atoms with Gasteiger partial charge in [0.25, 0.3) is 11.8 Å². The first kappa shape index (κ1) is 40.2. The van der Waals surface area contributed by atoms with Crippen LogP contribution in [0.1, 0.15) is 110 Å². The molecule has 0 aromatic heterocycles. The van der Waals surface area contributed by atoms with Crippen LogP contribution in [0.2, 0.25) is 0 Å². The van der Waals surface area contributed by atoms with Crippen molar-refractivity contribution in [2.75, 3.05) is 13.1 Å². The summed E-state index contributed by atoms with van der Waals surface area (Å²) in [7, 11) is 0. The first-order chi connectivity index (χ1) is 26.3. The van der Waals surface area contributed by atoms with Crippen LogP contribution in [0.4, 0.5) is 0 Å². The lowest BCUT2D eigenvalue weighted by Crippen LogP contribution is -2.62. The molecule has 2 saturated heterocycles. The Hall–Kier alpha value is -4.49. The van der Waals surface area contributed by atoms with Crippen molar-refractivity contribution in [2.24, 2.45) is 22.4 Å². The molecule has 0 radical (unpaired) electrons. The molecule has 0 spiro atoms. The minimum Gasteiger partial charge on any atom is -0.474 e. The monoisotopic (exact) mass is 762 g/mol. The Morgan fingerprint density at radius 2 is 1.71 bits per heavy atom. The minimum absolute atomic E-state index is 0.0148. The van der Waals surface area contributed by atoms with E-state index in [-0.39, 0.29) is 42.7 Å². The van der Waals surface area contributed by atoms with Gasteiger partial charge in [-0.3, -0.25) is 28.8 Å². The second-order valence-corrected chi connectivity index (χ2v) is 17.1. The van der Waals surface area contributed by atoms with Crippen LogP contribution in [-0.2, 0) is 44.9 Å². The highest BCUT2D eigenvalue weighted by Gasteiger charge is 2.50. The fourth-order valence-corrected chi connectivity index (χ4v) is 8.36. The number of ketones is 1. The van der Waals surface area contributed by atoms with Gasteiger partial charge < -0.3 is 35.3 Å². The number of nitrogens with one attached hydrogen (secondary N) is 3. The highest BCUT2D eigenvalue weighted by molar-refractivity contribution is 6.38. The molecule has 6 atom stereocenters. The number of nitrogens with zero attached hydrogens (tertiary/aromatic N) is 3. The predicted octanol–water partition coefficient (Wildman–Crippen LogP) is 3.37. The predicted molar refractivity (Wildman–Crippen MR) is 203 cm³/mol. The largest absolute Gasteiger partial charge is 0.474 e. The number of ether oxygens (including phenoxy) is 1. The van der Waals surface area contributed by atoms with Crippen LogP contribution >= 0.6 is 0 Å². The van der Waals surface area contributed by atoms with E-state index in [2.05, 4.69) is 21.1 Å². The maximum absolute atomic E-state index is 14.6. The van der Waals surface area contributed by atoms with Gasteiger partial charge in [-0.05, 0) is 67.8 Å². The lowest BCUT2D eigenvalue weighted by atomic mass is 9.82. The van der Waals surface area contributed by atoms with Crippen LogP contribution in [0, 0.1) is 17.3 Å². The quantitative estimate of drug-likeness (QED) is 0.242. The molecule has 14 heteroatoms. The van der Waals surface area contributed by atoms with E-state index in [4.69, 9.17) is 9.57 Å². The number of carbonyl (C=O) groups is 6. The van der Waals surface area contributed by atoms with Crippen LogP contribution in [0.25, 0.3) is 0 Å². The highest BCUT2D eigenvalue weighted by atomic mass is 16.7. The van der Waals surface area contributed by atoms with Gasteiger partial charge in [-0.2, -0.15) is 0 Å². The molecule has 3 N–H and O–H groups in total. The Labute approximate surface area is 323 Å². The SMILES string of the molecule is CCC[C@@H](C(=O)C(=O)NC1CC1)N1CC[C@@H]2CC(C1=O)N(C(=O)[C@@H](NC(=O)C(NC(=O)C1CC(OCc3ccccc3)=NO1)C1CCCCC1)C(C)(C)C)C2. The van der Waals surface area contributed by atoms with Crippen LogP contribution in [0.15, 0.2) is 35.5 Å². The van der Waals surface area contributed by atoms with Gasteiger partial charge in [0.2, 0.25) is 35.5 Å². The van der Waals surface area contributed by atoms with E-state index in [9.17, 15) is 28.8 Å². The van der Waals surface area contributed by atoms with Crippen molar-refractivity contribution < 1.29 is 38.3 Å². The maximum Gasteiger partial charge on any atom is 0.289 e. The van der Waals surface area contributed by atoms with Gasteiger partial charge in [0.05, 0.1) is 6.42 Å². The number of hydrogen-bond donors (Lipinski definition) is 3. The number of hydrogen-bond acceptors (Lipinski definition) is 9. The van der Waals surface area contributed by atoms with Gasteiger partial charge in [-0.1, -0.05) is 88.9 Å². The van der Waals surface area contributed by atoms with Gasteiger partial charge >= 0.3 is 0 Å². The smallest absolute Gasteiger partial charge is 0.289 e. The second-order valence-electron chi connectivity index (χ2n) is 17.1. The standard InChI is InChI=1S/C41H58N6O8/c1-5-12-29(34(48)38(51)42-28-17-18-28)46-20-19-26-21-30(39(46)52)47(23-26)40(53)35(41(2,3)4)44-37(50)33(27-15-10-7-11-16-27)43-36(49)31-22-32(45-55-31)54-24-25-13-8-6-9-14-25/h6,8-9,13-14,26-31,33,35H,5,7,10-12,15-24H2,1-4H3,(H,42,51)(H,43,49)(H,44,50)/t26-,29+,30?,31?,33?,35-/m1/s1. The van der Waals surface area contributed by atoms with Crippen molar-refractivity contribution in [2.45, 2.75) is 148 Å².